The van der Waals surface area contributed by atoms with Gasteiger partial charge in [-0.15, -0.1) is 0 Å². The van der Waals surface area contributed by atoms with E-state index in [2.05, 4.69) is 5.32 Å². The molecule has 21 heavy (non-hydrogen) atoms. The summed E-state index contributed by atoms with van der Waals surface area (Å²) in [7, 11) is -0.797. The molecule has 2 atom stereocenters. The van der Waals surface area contributed by atoms with Gasteiger partial charge in [0.15, 0.2) is 0 Å². The summed E-state index contributed by atoms with van der Waals surface area (Å²) < 4.78 is 11.7. The molecule has 120 valence electrons. The number of carboxylic acid groups (broad SMARTS) is 1. The number of carboxylic acids is 1. The average molecular weight is 321 g/mol. The molecule has 0 radical (unpaired) electrons. The second kappa shape index (κ2) is 8.02. The molecule has 5 N–H and O–H groups in total. The van der Waals surface area contributed by atoms with E-state index in [1.807, 2.05) is 0 Å². The highest BCUT2D eigenvalue weighted by Crippen LogP contribution is 2.23. The van der Waals surface area contributed by atoms with Crippen LogP contribution in [0.2, 0.25) is 0 Å². The molecule has 0 saturated heterocycles. The van der Waals surface area contributed by atoms with E-state index in [4.69, 9.17) is 15.9 Å². The van der Waals surface area contributed by atoms with Gasteiger partial charge in [-0.3, -0.25) is 9.59 Å². The molecule has 0 aromatic carbocycles. The molecule has 9 nitrogen and oxygen atoms in total. The number of hydrogen-bond donors (Lipinski definition) is 4. The van der Waals surface area contributed by atoms with Gasteiger partial charge in [-0.25, -0.2) is 14.0 Å². The number of aliphatic hydroxyl groups excluding tert-OH is 1. The summed E-state index contributed by atoms with van der Waals surface area (Å²) in [6.45, 7) is 3.46. The highest BCUT2D eigenvalue weighted by atomic mass is 31.1. The Morgan fingerprint density at radius 3 is 2.29 bits per heavy atom. The summed E-state index contributed by atoms with van der Waals surface area (Å²) >= 11 is 0. The first-order valence-electron chi connectivity index (χ1n) is 6.17. The van der Waals surface area contributed by atoms with Crippen molar-refractivity contribution in [3.8, 4) is 0 Å². The van der Waals surface area contributed by atoms with E-state index in [9.17, 15) is 18.9 Å². The SMILES string of the molecule is C[C@H](NC(=O)[C@@H](N)CCO)C(=O)N(P=O)C(C)(C)C(=O)O. The van der Waals surface area contributed by atoms with E-state index in [1.54, 1.807) is 0 Å². The third-order valence-corrected chi connectivity index (χ3v) is 3.71. The van der Waals surface area contributed by atoms with Crippen LogP contribution in [0.3, 0.4) is 0 Å². The molecule has 0 bridgehead atoms. The van der Waals surface area contributed by atoms with Gasteiger partial charge in [0.05, 0.1) is 6.04 Å². The maximum Gasteiger partial charge on any atom is 0.329 e. The van der Waals surface area contributed by atoms with Crippen LogP contribution in [-0.4, -0.2) is 56.9 Å². The Morgan fingerprint density at radius 2 is 1.90 bits per heavy atom. The summed E-state index contributed by atoms with van der Waals surface area (Å²) in [6.07, 6.45) is 0.0247. The molecular weight excluding hydrogens is 301 g/mol. The number of amides is 2. The van der Waals surface area contributed by atoms with Crippen molar-refractivity contribution in [3.63, 3.8) is 0 Å². The van der Waals surface area contributed by atoms with Crippen molar-refractivity contribution < 1.29 is 29.2 Å². The minimum absolute atomic E-state index is 0.0247. The predicted octanol–water partition coefficient (Wildman–Crippen LogP) is -0.901. The van der Waals surface area contributed by atoms with Crippen LogP contribution < -0.4 is 11.1 Å². The molecule has 2 amide bonds. The average Bonchev–Trinajstić information content (AvgIpc) is 2.38. The van der Waals surface area contributed by atoms with Crippen molar-refractivity contribution in [3.05, 3.63) is 0 Å². The van der Waals surface area contributed by atoms with Crippen molar-refractivity contribution >= 4 is 26.4 Å². The third-order valence-electron chi connectivity index (χ3n) is 2.85. The third kappa shape index (κ3) is 5.04. The number of hydrogen-bond acceptors (Lipinski definition) is 6. The molecule has 0 aromatic rings. The number of nitrogens with zero attached hydrogens (tertiary/aromatic N) is 1. The molecule has 0 spiro atoms. The topological polar surface area (TPSA) is 150 Å². The Balaban J connectivity index is 4.94. The zero-order chi connectivity index (χ0) is 16.8. The van der Waals surface area contributed by atoms with Crippen LogP contribution >= 0.6 is 8.61 Å². The van der Waals surface area contributed by atoms with E-state index in [1.165, 1.54) is 20.8 Å². The van der Waals surface area contributed by atoms with Crippen LogP contribution in [0.1, 0.15) is 27.2 Å². The molecular formula is C11H20N3O6P. The van der Waals surface area contributed by atoms with Gasteiger partial charge in [0.1, 0.15) is 11.6 Å². The Bertz CT molecular complexity index is 428. The highest BCUT2D eigenvalue weighted by Gasteiger charge is 2.40. The Labute approximate surface area is 123 Å². The van der Waals surface area contributed by atoms with Gasteiger partial charge in [0.25, 0.3) is 14.5 Å². The molecule has 0 fully saturated rings. The largest absolute Gasteiger partial charge is 0.479 e. The first-order chi connectivity index (χ1) is 9.59. The Morgan fingerprint density at radius 1 is 1.38 bits per heavy atom. The molecule has 0 rings (SSSR count). The summed E-state index contributed by atoms with van der Waals surface area (Å²) in [5, 5.41) is 20.0. The number of nitrogens with two attached hydrogens (primary N) is 1. The molecule has 0 aromatic heterocycles. The van der Waals surface area contributed by atoms with Crippen molar-refractivity contribution in [1.29, 1.82) is 0 Å². The number of nitrogens with one attached hydrogen (secondary N) is 1. The minimum Gasteiger partial charge on any atom is -0.479 e. The normalized spacial score (nSPS) is 14.3. The fraction of sp³-hybridized carbons (Fsp3) is 0.727. The van der Waals surface area contributed by atoms with Crippen molar-refractivity contribution in [1.82, 2.24) is 9.99 Å². The Hall–Kier alpha value is -1.57. The first-order valence-corrected chi connectivity index (χ1v) is 6.93. The quantitative estimate of drug-likeness (QED) is 0.423. The maximum atomic E-state index is 12.1. The zero-order valence-corrected chi connectivity index (χ0v) is 13.0. The second-order valence-electron chi connectivity index (χ2n) is 4.94. The molecule has 0 heterocycles. The summed E-state index contributed by atoms with van der Waals surface area (Å²) in [5.74, 6) is -2.83. The van der Waals surface area contributed by atoms with Crippen molar-refractivity contribution in [2.75, 3.05) is 6.61 Å². The van der Waals surface area contributed by atoms with Crippen LogP contribution in [0.25, 0.3) is 0 Å². The van der Waals surface area contributed by atoms with Gasteiger partial charge >= 0.3 is 5.97 Å². The highest BCUT2D eigenvalue weighted by molar-refractivity contribution is 7.22. The van der Waals surface area contributed by atoms with Gasteiger partial charge < -0.3 is 21.3 Å². The number of aliphatic hydroxyl groups is 1. The number of carbonyl (C=O) groups excluding carboxylic acids is 2. The second-order valence-corrected chi connectivity index (χ2v) is 5.51. The smallest absolute Gasteiger partial charge is 0.329 e. The van der Waals surface area contributed by atoms with E-state index in [-0.39, 0.29) is 13.0 Å². The molecule has 0 saturated carbocycles. The number of aliphatic carboxylic acids is 1. The van der Waals surface area contributed by atoms with Gasteiger partial charge in [-0.05, 0) is 27.2 Å². The lowest BCUT2D eigenvalue weighted by Gasteiger charge is -2.31. The molecule has 0 aliphatic rings. The van der Waals surface area contributed by atoms with E-state index in [0.29, 0.717) is 4.67 Å². The minimum atomic E-state index is -1.70. The van der Waals surface area contributed by atoms with E-state index in [0.717, 1.165) is 0 Å². The fourth-order valence-electron chi connectivity index (χ4n) is 1.34. The predicted molar refractivity (Wildman–Crippen MR) is 73.5 cm³/mol. The molecule has 0 aliphatic heterocycles. The van der Waals surface area contributed by atoms with Crippen molar-refractivity contribution in [2.45, 2.75) is 44.8 Å². The molecule has 0 aliphatic carbocycles. The monoisotopic (exact) mass is 321 g/mol. The van der Waals surface area contributed by atoms with Gasteiger partial charge in [-0.1, -0.05) is 0 Å². The van der Waals surface area contributed by atoms with Crippen molar-refractivity contribution in [2.24, 2.45) is 5.73 Å². The van der Waals surface area contributed by atoms with E-state index >= 15 is 0 Å². The zero-order valence-electron chi connectivity index (χ0n) is 12.1. The summed E-state index contributed by atoms with van der Waals surface area (Å²) in [4.78, 5) is 34.8. The number of rotatable bonds is 8. The fourth-order valence-corrected chi connectivity index (χ4v) is 1.89. The van der Waals surface area contributed by atoms with Crippen LogP contribution in [0, 0.1) is 0 Å². The standard InChI is InChI=1S/C11H20N3O6P/c1-6(13-8(16)7(12)4-5-15)9(17)14(21-20)11(2,3)10(18)19/h6-7,15H,4-5,12H2,1-3H3,(H,13,16)(H,18,19)/t6-,7-/m0/s1. The summed E-state index contributed by atoms with van der Waals surface area (Å²) in [6, 6.07) is -2.10. The lowest BCUT2D eigenvalue weighted by molar-refractivity contribution is -0.152. The van der Waals surface area contributed by atoms with Crippen LogP contribution in [0.4, 0.5) is 0 Å². The van der Waals surface area contributed by atoms with Crippen LogP contribution in [0.5, 0.6) is 0 Å². The van der Waals surface area contributed by atoms with Gasteiger partial charge in [-0.2, -0.15) is 0 Å². The number of carbonyl (C=O) groups is 3. The van der Waals surface area contributed by atoms with Gasteiger partial charge in [0, 0.05) is 6.61 Å². The maximum absolute atomic E-state index is 12.1. The van der Waals surface area contributed by atoms with E-state index < -0.39 is 44.0 Å². The molecule has 0 unspecified atom stereocenters. The molecule has 10 heteroatoms. The lowest BCUT2D eigenvalue weighted by atomic mass is 10.1. The lowest BCUT2D eigenvalue weighted by Crippen LogP contribution is -2.55. The summed E-state index contributed by atoms with van der Waals surface area (Å²) in [5.41, 5.74) is 3.76. The van der Waals surface area contributed by atoms with Gasteiger partial charge in [0.2, 0.25) is 5.91 Å². The first kappa shape index (κ1) is 19.4. The Kier molecular flexibility index (Phi) is 7.42. The van der Waals surface area contributed by atoms with Crippen LogP contribution in [-0.2, 0) is 18.9 Å². The van der Waals surface area contributed by atoms with Crippen LogP contribution in [0.15, 0.2) is 0 Å².